The number of hydrogen-bond donors (Lipinski definition) is 1. The molecule has 1 atom stereocenters. The summed E-state index contributed by atoms with van der Waals surface area (Å²) in [6.45, 7) is 2.07. The van der Waals surface area contributed by atoms with Crippen LogP contribution in [-0.2, 0) is 20.5 Å². The first-order valence-corrected chi connectivity index (χ1v) is 5.26. The summed E-state index contributed by atoms with van der Waals surface area (Å²) in [6.07, 6.45) is 2.59. The van der Waals surface area contributed by atoms with Crippen LogP contribution in [0, 0.1) is 0 Å². The van der Waals surface area contributed by atoms with E-state index in [0.717, 1.165) is 23.5 Å². The Morgan fingerprint density at radius 3 is 2.56 bits per heavy atom. The van der Waals surface area contributed by atoms with E-state index in [1.165, 1.54) is 0 Å². The van der Waals surface area contributed by atoms with E-state index in [9.17, 15) is 0 Å². The molecular weight excluding hydrogens is 204 g/mol. The molecule has 0 radical (unpaired) electrons. The van der Waals surface area contributed by atoms with Gasteiger partial charge in [0.2, 0.25) is 0 Å². The highest BCUT2D eigenvalue weighted by atomic mass is 15.4. The van der Waals surface area contributed by atoms with E-state index >= 15 is 0 Å². The molecule has 0 fully saturated rings. The Hall–Kier alpha value is -1.69. The van der Waals surface area contributed by atoms with Crippen LogP contribution in [0.5, 0.6) is 0 Å². The molecule has 1 unspecified atom stereocenters. The zero-order valence-corrected chi connectivity index (χ0v) is 9.75. The van der Waals surface area contributed by atoms with Crippen molar-refractivity contribution >= 4 is 0 Å². The van der Waals surface area contributed by atoms with Crippen molar-refractivity contribution in [3.63, 3.8) is 0 Å². The third kappa shape index (κ3) is 1.71. The van der Waals surface area contributed by atoms with E-state index in [0.29, 0.717) is 0 Å². The largest absolute Gasteiger partial charge is 0.318 e. The fourth-order valence-electron chi connectivity index (χ4n) is 1.74. The Labute approximate surface area is 94.1 Å². The van der Waals surface area contributed by atoms with Gasteiger partial charge in [-0.25, -0.2) is 0 Å². The lowest BCUT2D eigenvalue weighted by molar-refractivity contribution is 0.611. The van der Waals surface area contributed by atoms with Gasteiger partial charge in [0.05, 0.1) is 29.3 Å². The lowest BCUT2D eigenvalue weighted by Crippen LogP contribution is -2.18. The number of aryl methyl sites for hydroxylation is 3. The molecule has 2 heterocycles. The number of rotatable bonds is 3. The molecule has 2 aromatic rings. The van der Waals surface area contributed by atoms with Gasteiger partial charge in [-0.1, -0.05) is 12.1 Å². The van der Waals surface area contributed by atoms with Gasteiger partial charge in [0, 0.05) is 14.1 Å². The second-order valence-corrected chi connectivity index (χ2v) is 3.80. The van der Waals surface area contributed by atoms with Crippen LogP contribution < -0.4 is 5.73 Å². The second kappa shape index (κ2) is 4.05. The fraction of sp³-hybridized carbons (Fsp3) is 0.500. The first kappa shape index (κ1) is 10.8. The molecule has 2 rings (SSSR count). The summed E-state index contributed by atoms with van der Waals surface area (Å²) in [6, 6.07) is 1.79. The monoisotopic (exact) mass is 220 g/mol. The topological polar surface area (TPSA) is 74.5 Å². The Bertz CT molecular complexity index is 483. The summed E-state index contributed by atoms with van der Waals surface area (Å²) < 4.78 is 3.50. The number of aromatic nitrogens is 5. The van der Waals surface area contributed by atoms with Crippen LogP contribution in [0.4, 0.5) is 0 Å². The maximum Gasteiger partial charge on any atom is 0.0910 e. The van der Waals surface area contributed by atoms with E-state index < -0.39 is 0 Å². The molecule has 0 aliphatic carbocycles. The maximum absolute atomic E-state index is 6.17. The van der Waals surface area contributed by atoms with Crippen LogP contribution >= 0.6 is 0 Å². The molecule has 0 spiro atoms. The van der Waals surface area contributed by atoms with E-state index in [-0.39, 0.29) is 6.04 Å². The van der Waals surface area contributed by atoms with Crippen molar-refractivity contribution in [3.05, 3.63) is 29.3 Å². The minimum absolute atomic E-state index is 0.238. The van der Waals surface area contributed by atoms with Gasteiger partial charge in [0.1, 0.15) is 0 Å². The van der Waals surface area contributed by atoms with Gasteiger partial charge in [-0.15, -0.1) is 5.10 Å². The highest BCUT2D eigenvalue weighted by Gasteiger charge is 2.17. The summed E-state index contributed by atoms with van der Waals surface area (Å²) in [7, 11) is 3.73. The minimum atomic E-state index is -0.238. The van der Waals surface area contributed by atoms with E-state index in [1.54, 1.807) is 10.9 Å². The van der Waals surface area contributed by atoms with Gasteiger partial charge in [-0.2, -0.15) is 5.10 Å². The zero-order valence-electron chi connectivity index (χ0n) is 9.75. The number of nitrogens with two attached hydrogens (primary N) is 1. The molecule has 0 amide bonds. The smallest absolute Gasteiger partial charge is 0.0910 e. The fourth-order valence-corrected chi connectivity index (χ4v) is 1.74. The van der Waals surface area contributed by atoms with E-state index in [4.69, 9.17) is 5.73 Å². The summed E-state index contributed by atoms with van der Waals surface area (Å²) in [5.41, 5.74) is 9.07. The van der Waals surface area contributed by atoms with Crippen molar-refractivity contribution < 1.29 is 0 Å². The van der Waals surface area contributed by atoms with Crippen molar-refractivity contribution in [2.45, 2.75) is 19.4 Å². The Kier molecular flexibility index (Phi) is 2.74. The number of hydrogen-bond acceptors (Lipinski definition) is 4. The molecule has 0 aliphatic heterocycles. The van der Waals surface area contributed by atoms with Crippen molar-refractivity contribution in [1.29, 1.82) is 0 Å². The highest BCUT2D eigenvalue weighted by Crippen LogP contribution is 2.18. The molecule has 2 N–H and O–H groups in total. The minimum Gasteiger partial charge on any atom is -0.318 e. The molecule has 16 heavy (non-hydrogen) atoms. The second-order valence-electron chi connectivity index (χ2n) is 3.80. The Morgan fingerprint density at radius 1 is 1.31 bits per heavy atom. The first-order valence-electron chi connectivity index (χ1n) is 5.26. The third-order valence-electron chi connectivity index (χ3n) is 2.72. The summed E-state index contributed by atoms with van der Waals surface area (Å²) in [5.74, 6) is 0. The van der Waals surface area contributed by atoms with Crippen LogP contribution in [0.2, 0.25) is 0 Å². The van der Waals surface area contributed by atoms with Gasteiger partial charge >= 0.3 is 0 Å². The molecule has 0 saturated carbocycles. The SMILES string of the molecule is CCc1cc(C(N)c2cnnn2C)n(C)n1. The summed E-state index contributed by atoms with van der Waals surface area (Å²) >= 11 is 0. The molecule has 0 saturated heterocycles. The molecular formula is C10H16N6. The van der Waals surface area contributed by atoms with Gasteiger partial charge in [0.25, 0.3) is 0 Å². The van der Waals surface area contributed by atoms with Crippen molar-refractivity contribution in [1.82, 2.24) is 24.8 Å². The molecule has 6 heteroatoms. The zero-order chi connectivity index (χ0) is 11.7. The highest BCUT2D eigenvalue weighted by molar-refractivity contribution is 5.22. The third-order valence-corrected chi connectivity index (χ3v) is 2.72. The Balaban J connectivity index is 2.37. The van der Waals surface area contributed by atoms with Gasteiger partial charge in [-0.3, -0.25) is 9.36 Å². The van der Waals surface area contributed by atoms with Gasteiger partial charge < -0.3 is 5.73 Å². The summed E-state index contributed by atoms with van der Waals surface area (Å²) in [4.78, 5) is 0. The predicted octanol–water partition coefficient (Wildman–Crippen LogP) is 0.159. The standard InChI is InChI=1S/C10H16N6/c1-4-7-5-8(15(2)13-7)10(11)9-6-12-14-16(9)3/h5-6,10H,4,11H2,1-3H3. The predicted molar refractivity (Wildman–Crippen MR) is 59.6 cm³/mol. The molecule has 86 valence electrons. The van der Waals surface area contributed by atoms with E-state index in [1.807, 2.05) is 24.8 Å². The molecule has 2 aromatic heterocycles. The van der Waals surface area contributed by atoms with Crippen LogP contribution in [0.15, 0.2) is 12.3 Å². The average molecular weight is 220 g/mol. The first-order chi connectivity index (χ1) is 7.63. The normalized spacial score (nSPS) is 13.0. The lowest BCUT2D eigenvalue weighted by atomic mass is 10.1. The van der Waals surface area contributed by atoms with Gasteiger partial charge in [-0.05, 0) is 12.5 Å². The van der Waals surface area contributed by atoms with Crippen LogP contribution in [-0.4, -0.2) is 24.8 Å². The average Bonchev–Trinajstić information content (AvgIpc) is 2.83. The van der Waals surface area contributed by atoms with Crippen molar-refractivity contribution in [2.24, 2.45) is 19.8 Å². The Morgan fingerprint density at radius 2 is 2.06 bits per heavy atom. The van der Waals surface area contributed by atoms with Crippen molar-refractivity contribution in [2.75, 3.05) is 0 Å². The van der Waals surface area contributed by atoms with E-state index in [2.05, 4.69) is 22.3 Å². The molecule has 6 nitrogen and oxygen atoms in total. The van der Waals surface area contributed by atoms with Crippen LogP contribution in [0.1, 0.15) is 30.0 Å². The quantitative estimate of drug-likeness (QED) is 0.799. The molecule has 0 aliphatic rings. The lowest BCUT2D eigenvalue weighted by Gasteiger charge is -2.10. The van der Waals surface area contributed by atoms with Crippen LogP contribution in [0.25, 0.3) is 0 Å². The maximum atomic E-state index is 6.17. The molecule has 0 aromatic carbocycles. The summed E-state index contributed by atoms with van der Waals surface area (Å²) in [5, 5.41) is 12.1. The van der Waals surface area contributed by atoms with Gasteiger partial charge in [0.15, 0.2) is 0 Å². The molecule has 0 bridgehead atoms. The van der Waals surface area contributed by atoms with Crippen LogP contribution in [0.3, 0.4) is 0 Å². The van der Waals surface area contributed by atoms with Crippen molar-refractivity contribution in [3.8, 4) is 0 Å². The number of nitrogens with zero attached hydrogens (tertiary/aromatic N) is 5.